The van der Waals surface area contributed by atoms with Crippen LogP contribution in [-0.2, 0) is 6.42 Å². The van der Waals surface area contributed by atoms with Gasteiger partial charge in [0.05, 0.1) is 0 Å². The normalized spacial score (nSPS) is 10.2. The van der Waals surface area contributed by atoms with Crippen LogP contribution in [0.1, 0.15) is 11.3 Å². The lowest BCUT2D eigenvalue weighted by Gasteiger charge is -1.92. The van der Waals surface area contributed by atoms with Crippen molar-refractivity contribution in [2.75, 3.05) is 6.54 Å². The average molecular weight is 201 g/mol. The molecule has 0 aliphatic carbocycles. The molecule has 1 aromatic carbocycles. The highest BCUT2D eigenvalue weighted by Gasteiger charge is 2.08. The van der Waals surface area contributed by atoms with E-state index in [1.807, 2.05) is 31.2 Å². The SMILES string of the molecule is Cc1c(CCN=[N+]=[N-])oc2ccccc12. The van der Waals surface area contributed by atoms with Crippen LogP contribution in [0, 0.1) is 6.92 Å². The van der Waals surface area contributed by atoms with Gasteiger partial charge in [0, 0.05) is 23.3 Å². The van der Waals surface area contributed by atoms with Gasteiger partial charge in [-0.2, -0.15) is 0 Å². The first-order valence-electron chi connectivity index (χ1n) is 4.81. The molecular formula is C11H11N3O. The Kier molecular flexibility index (Phi) is 2.61. The molecule has 1 heterocycles. The van der Waals surface area contributed by atoms with Crippen molar-refractivity contribution in [3.8, 4) is 0 Å². The van der Waals surface area contributed by atoms with Crippen molar-refractivity contribution in [1.29, 1.82) is 0 Å². The Hall–Kier alpha value is -1.93. The molecule has 0 aliphatic heterocycles. The number of benzene rings is 1. The zero-order valence-electron chi connectivity index (χ0n) is 8.47. The third kappa shape index (κ3) is 1.80. The van der Waals surface area contributed by atoms with Crippen molar-refractivity contribution in [2.45, 2.75) is 13.3 Å². The maximum atomic E-state index is 8.18. The Morgan fingerprint density at radius 1 is 1.40 bits per heavy atom. The van der Waals surface area contributed by atoms with Crippen LogP contribution in [0.2, 0.25) is 0 Å². The number of furan rings is 1. The Morgan fingerprint density at radius 2 is 2.20 bits per heavy atom. The summed E-state index contributed by atoms with van der Waals surface area (Å²) in [6, 6.07) is 7.91. The number of hydrogen-bond donors (Lipinski definition) is 0. The van der Waals surface area contributed by atoms with Crippen LogP contribution >= 0.6 is 0 Å². The molecular weight excluding hydrogens is 190 g/mol. The first-order valence-corrected chi connectivity index (χ1v) is 4.81. The van der Waals surface area contributed by atoms with E-state index in [4.69, 9.17) is 9.95 Å². The topological polar surface area (TPSA) is 61.9 Å². The van der Waals surface area contributed by atoms with Crippen LogP contribution in [0.15, 0.2) is 33.8 Å². The minimum Gasteiger partial charge on any atom is -0.461 e. The maximum Gasteiger partial charge on any atom is 0.134 e. The van der Waals surface area contributed by atoms with Gasteiger partial charge in [-0.05, 0) is 24.1 Å². The molecule has 0 aliphatic rings. The summed E-state index contributed by atoms with van der Waals surface area (Å²) in [5, 5.41) is 4.63. The van der Waals surface area contributed by atoms with Gasteiger partial charge in [-0.15, -0.1) is 0 Å². The number of nitrogens with zero attached hydrogens (tertiary/aromatic N) is 3. The highest BCUT2D eigenvalue weighted by molar-refractivity contribution is 5.81. The second kappa shape index (κ2) is 4.07. The summed E-state index contributed by atoms with van der Waals surface area (Å²) in [5.41, 5.74) is 10.2. The monoisotopic (exact) mass is 201 g/mol. The standard InChI is InChI=1S/C11H11N3O/c1-8-9-4-2-3-5-11(9)15-10(8)6-7-13-14-12/h2-5H,6-7H2,1H3. The summed E-state index contributed by atoms with van der Waals surface area (Å²) < 4.78 is 5.66. The van der Waals surface area contributed by atoms with E-state index in [1.54, 1.807) is 0 Å². The predicted molar refractivity (Wildman–Crippen MR) is 58.7 cm³/mol. The summed E-state index contributed by atoms with van der Waals surface area (Å²) in [6.45, 7) is 2.47. The summed E-state index contributed by atoms with van der Waals surface area (Å²) >= 11 is 0. The van der Waals surface area contributed by atoms with E-state index in [9.17, 15) is 0 Å². The first kappa shape index (κ1) is 9.62. The fourth-order valence-electron chi connectivity index (χ4n) is 1.66. The first-order chi connectivity index (χ1) is 7.33. The highest BCUT2D eigenvalue weighted by Crippen LogP contribution is 2.25. The lowest BCUT2D eigenvalue weighted by atomic mass is 10.1. The molecule has 0 spiro atoms. The summed E-state index contributed by atoms with van der Waals surface area (Å²) in [4.78, 5) is 2.72. The molecule has 2 rings (SSSR count). The van der Waals surface area contributed by atoms with Crippen LogP contribution in [0.3, 0.4) is 0 Å². The molecule has 0 atom stereocenters. The highest BCUT2D eigenvalue weighted by atomic mass is 16.3. The van der Waals surface area contributed by atoms with Gasteiger partial charge in [0.2, 0.25) is 0 Å². The largest absolute Gasteiger partial charge is 0.461 e. The van der Waals surface area contributed by atoms with Crippen LogP contribution < -0.4 is 0 Å². The quantitative estimate of drug-likeness (QED) is 0.425. The van der Waals surface area contributed by atoms with Crippen molar-refractivity contribution in [1.82, 2.24) is 0 Å². The fourth-order valence-corrected chi connectivity index (χ4v) is 1.66. The van der Waals surface area contributed by atoms with E-state index < -0.39 is 0 Å². The molecule has 0 bridgehead atoms. The number of rotatable bonds is 3. The molecule has 0 saturated carbocycles. The number of hydrogen-bond acceptors (Lipinski definition) is 2. The van der Waals surface area contributed by atoms with E-state index in [1.165, 1.54) is 0 Å². The fraction of sp³-hybridized carbons (Fsp3) is 0.273. The molecule has 1 aromatic heterocycles. The Labute approximate surface area is 87.1 Å². The third-order valence-corrected chi connectivity index (χ3v) is 2.44. The van der Waals surface area contributed by atoms with Crippen LogP contribution in [0.25, 0.3) is 21.4 Å². The van der Waals surface area contributed by atoms with E-state index in [-0.39, 0.29) is 0 Å². The molecule has 0 unspecified atom stereocenters. The molecule has 0 N–H and O–H groups in total. The third-order valence-electron chi connectivity index (χ3n) is 2.44. The Morgan fingerprint density at radius 3 is 2.93 bits per heavy atom. The van der Waals surface area contributed by atoms with Crippen molar-refractivity contribution in [3.05, 3.63) is 46.0 Å². The molecule has 4 nitrogen and oxygen atoms in total. The lowest BCUT2D eigenvalue weighted by Crippen LogP contribution is -1.87. The zero-order chi connectivity index (χ0) is 10.7. The Balaban J connectivity index is 2.35. The second-order valence-corrected chi connectivity index (χ2v) is 3.35. The molecule has 0 amide bonds. The van der Waals surface area contributed by atoms with Gasteiger partial charge in [-0.25, -0.2) is 0 Å². The molecule has 4 heteroatoms. The minimum absolute atomic E-state index is 0.442. The molecule has 76 valence electrons. The molecule has 0 saturated heterocycles. The average Bonchev–Trinajstić information content (AvgIpc) is 2.57. The van der Waals surface area contributed by atoms with E-state index >= 15 is 0 Å². The van der Waals surface area contributed by atoms with Crippen LogP contribution in [0.5, 0.6) is 0 Å². The zero-order valence-corrected chi connectivity index (χ0v) is 8.47. The van der Waals surface area contributed by atoms with Gasteiger partial charge in [0.1, 0.15) is 11.3 Å². The van der Waals surface area contributed by atoms with Gasteiger partial charge in [0.25, 0.3) is 0 Å². The summed E-state index contributed by atoms with van der Waals surface area (Å²) in [5.74, 6) is 0.906. The van der Waals surface area contributed by atoms with Crippen molar-refractivity contribution >= 4 is 11.0 Å². The smallest absolute Gasteiger partial charge is 0.134 e. The molecule has 0 radical (unpaired) electrons. The summed E-state index contributed by atoms with van der Waals surface area (Å²) in [6.07, 6.45) is 0.657. The maximum absolute atomic E-state index is 8.18. The minimum atomic E-state index is 0.442. The van der Waals surface area contributed by atoms with Crippen LogP contribution in [-0.4, -0.2) is 6.54 Å². The van der Waals surface area contributed by atoms with Gasteiger partial charge in [0.15, 0.2) is 0 Å². The number of azide groups is 1. The Bertz CT molecular complexity index is 524. The molecule has 0 fully saturated rings. The number of para-hydroxylation sites is 1. The molecule has 2 aromatic rings. The summed E-state index contributed by atoms with van der Waals surface area (Å²) in [7, 11) is 0. The van der Waals surface area contributed by atoms with E-state index in [0.717, 1.165) is 22.3 Å². The number of aryl methyl sites for hydroxylation is 1. The molecule has 15 heavy (non-hydrogen) atoms. The van der Waals surface area contributed by atoms with E-state index in [0.29, 0.717) is 13.0 Å². The van der Waals surface area contributed by atoms with E-state index in [2.05, 4.69) is 10.0 Å². The van der Waals surface area contributed by atoms with Crippen LogP contribution in [0.4, 0.5) is 0 Å². The lowest BCUT2D eigenvalue weighted by molar-refractivity contribution is 0.546. The van der Waals surface area contributed by atoms with Gasteiger partial charge in [-0.3, -0.25) is 0 Å². The van der Waals surface area contributed by atoms with Gasteiger partial charge in [-0.1, -0.05) is 23.3 Å². The predicted octanol–water partition coefficient (Wildman–Crippen LogP) is 3.59. The van der Waals surface area contributed by atoms with Crippen molar-refractivity contribution in [3.63, 3.8) is 0 Å². The van der Waals surface area contributed by atoms with Crippen molar-refractivity contribution < 1.29 is 4.42 Å². The van der Waals surface area contributed by atoms with Gasteiger partial charge >= 0.3 is 0 Å². The van der Waals surface area contributed by atoms with Gasteiger partial charge < -0.3 is 4.42 Å². The number of fused-ring (bicyclic) bond motifs is 1. The second-order valence-electron chi connectivity index (χ2n) is 3.35. The van der Waals surface area contributed by atoms with Crippen molar-refractivity contribution in [2.24, 2.45) is 5.11 Å².